The molecule has 2 saturated heterocycles. The van der Waals surface area contributed by atoms with E-state index in [4.69, 9.17) is 4.74 Å². The predicted molar refractivity (Wildman–Crippen MR) is 147 cm³/mol. The van der Waals surface area contributed by atoms with E-state index in [-0.39, 0.29) is 28.8 Å². The van der Waals surface area contributed by atoms with Crippen LogP contribution in [0.25, 0.3) is 0 Å². The molecule has 1 atom stereocenters. The molecule has 2 aliphatic rings. The molecule has 9 nitrogen and oxygen atoms in total. The van der Waals surface area contributed by atoms with E-state index >= 15 is 0 Å². The molecule has 2 aromatic carbocycles. The number of amides is 1. The fraction of sp³-hybridized carbons (Fsp3) is 0.519. The lowest BCUT2D eigenvalue weighted by molar-refractivity contribution is -0.120. The lowest BCUT2D eigenvalue weighted by atomic mass is 9.98. The third-order valence-electron chi connectivity index (χ3n) is 7.22. The Balaban J connectivity index is 1.40. The number of aryl methyl sites for hydroxylation is 1. The Morgan fingerprint density at radius 3 is 2.37 bits per heavy atom. The molecule has 2 fully saturated rings. The highest BCUT2D eigenvalue weighted by Crippen LogP contribution is 2.32. The lowest BCUT2D eigenvalue weighted by Crippen LogP contribution is -2.44. The van der Waals surface area contributed by atoms with Crippen LogP contribution in [-0.4, -0.2) is 70.4 Å². The topological polar surface area (TPSA) is 113 Å². The van der Waals surface area contributed by atoms with Crippen molar-refractivity contribution in [2.45, 2.75) is 49.8 Å². The van der Waals surface area contributed by atoms with Gasteiger partial charge >= 0.3 is 0 Å². The van der Waals surface area contributed by atoms with Crippen molar-refractivity contribution in [1.82, 2.24) is 8.61 Å². The van der Waals surface area contributed by atoms with E-state index in [2.05, 4.69) is 5.32 Å². The smallest absolute Gasteiger partial charge is 0.246 e. The van der Waals surface area contributed by atoms with Gasteiger partial charge in [0, 0.05) is 31.9 Å². The summed E-state index contributed by atoms with van der Waals surface area (Å²) < 4.78 is 60.8. The number of anilines is 1. The molecule has 4 rings (SSSR count). The van der Waals surface area contributed by atoms with Gasteiger partial charge in [-0.3, -0.25) is 4.79 Å². The molecule has 38 heavy (non-hydrogen) atoms. The number of ether oxygens (including phenoxy) is 1. The van der Waals surface area contributed by atoms with Crippen LogP contribution >= 0.6 is 0 Å². The average Bonchev–Trinajstić information content (AvgIpc) is 2.94. The third kappa shape index (κ3) is 6.93. The second kappa shape index (κ2) is 12.6. The van der Waals surface area contributed by atoms with Crippen LogP contribution in [0.2, 0.25) is 0 Å². The van der Waals surface area contributed by atoms with E-state index < -0.39 is 26.0 Å². The van der Waals surface area contributed by atoms with Gasteiger partial charge in [-0.15, -0.1) is 0 Å². The van der Waals surface area contributed by atoms with Crippen LogP contribution < -0.4 is 10.1 Å². The largest absolute Gasteiger partial charge is 0.495 e. The zero-order chi connectivity index (χ0) is 27.2. The van der Waals surface area contributed by atoms with Gasteiger partial charge in [-0.05, 0) is 62.3 Å². The highest BCUT2D eigenvalue weighted by Gasteiger charge is 2.33. The fourth-order valence-corrected chi connectivity index (χ4v) is 8.37. The molecule has 0 aromatic heterocycles. The van der Waals surface area contributed by atoms with Crippen molar-refractivity contribution in [3.63, 3.8) is 0 Å². The molecule has 0 saturated carbocycles. The number of nitrogens with one attached hydrogen (secondary N) is 1. The van der Waals surface area contributed by atoms with Crippen molar-refractivity contribution in [2.75, 3.05) is 44.4 Å². The maximum Gasteiger partial charge on any atom is 0.246 e. The molecule has 11 heteroatoms. The van der Waals surface area contributed by atoms with Crippen LogP contribution in [0.4, 0.5) is 5.69 Å². The van der Waals surface area contributed by atoms with Crippen LogP contribution in [-0.2, 0) is 31.3 Å². The molecule has 2 aromatic rings. The molecule has 2 aliphatic heterocycles. The lowest BCUT2D eigenvalue weighted by Gasteiger charge is -2.31. The van der Waals surface area contributed by atoms with Gasteiger partial charge in [0.15, 0.2) is 0 Å². The average molecular weight is 564 g/mol. The van der Waals surface area contributed by atoms with Gasteiger partial charge in [-0.1, -0.05) is 36.8 Å². The summed E-state index contributed by atoms with van der Waals surface area (Å²) in [6.07, 6.45) is 4.97. The summed E-state index contributed by atoms with van der Waals surface area (Å²) in [6.45, 7) is 1.44. The first-order chi connectivity index (χ1) is 18.2. The van der Waals surface area contributed by atoms with Crippen molar-refractivity contribution in [1.29, 1.82) is 0 Å². The summed E-state index contributed by atoms with van der Waals surface area (Å²) >= 11 is 0. The highest BCUT2D eigenvalue weighted by atomic mass is 32.2. The summed E-state index contributed by atoms with van der Waals surface area (Å²) in [5.41, 5.74) is 1.44. The van der Waals surface area contributed by atoms with Gasteiger partial charge in [0.05, 0.1) is 18.8 Å². The van der Waals surface area contributed by atoms with Gasteiger partial charge in [0.1, 0.15) is 10.6 Å². The van der Waals surface area contributed by atoms with Crippen LogP contribution in [0.15, 0.2) is 53.4 Å². The number of hydrogen-bond acceptors (Lipinski definition) is 6. The number of sulfonamides is 2. The first kappa shape index (κ1) is 28.5. The minimum absolute atomic E-state index is 0.0194. The number of piperidine rings is 2. The molecule has 0 aliphatic carbocycles. The predicted octanol–water partition coefficient (Wildman–Crippen LogP) is 3.48. The zero-order valence-corrected chi connectivity index (χ0v) is 23.5. The summed E-state index contributed by atoms with van der Waals surface area (Å²) in [4.78, 5) is 13.2. The van der Waals surface area contributed by atoms with E-state index in [1.54, 1.807) is 6.07 Å². The Labute approximate surface area is 226 Å². The Morgan fingerprint density at radius 2 is 1.66 bits per heavy atom. The van der Waals surface area contributed by atoms with Crippen molar-refractivity contribution in [3.8, 4) is 5.75 Å². The second-order valence-corrected chi connectivity index (χ2v) is 13.9. The molecule has 1 amide bonds. The van der Waals surface area contributed by atoms with E-state index in [1.165, 1.54) is 27.9 Å². The molecular weight excluding hydrogens is 526 g/mol. The molecule has 0 bridgehead atoms. The first-order valence-corrected chi connectivity index (χ1v) is 16.3. The van der Waals surface area contributed by atoms with Gasteiger partial charge < -0.3 is 10.1 Å². The van der Waals surface area contributed by atoms with E-state index in [0.717, 1.165) is 24.8 Å². The third-order valence-corrected chi connectivity index (χ3v) is 11.1. The number of carbonyl (C=O) groups is 1. The van der Waals surface area contributed by atoms with Crippen molar-refractivity contribution >= 4 is 31.6 Å². The Hall–Kier alpha value is -2.47. The maximum atomic E-state index is 13.3. The van der Waals surface area contributed by atoms with Gasteiger partial charge in [-0.2, -0.15) is 4.31 Å². The van der Waals surface area contributed by atoms with Gasteiger partial charge in [-0.25, -0.2) is 21.1 Å². The minimum Gasteiger partial charge on any atom is -0.495 e. The van der Waals surface area contributed by atoms with E-state index in [9.17, 15) is 21.6 Å². The molecule has 0 spiro atoms. The number of hydrogen-bond donors (Lipinski definition) is 1. The molecule has 0 unspecified atom stereocenters. The highest BCUT2D eigenvalue weighted by molar-refractivity contribution is 7.89. The molecular formula is C27H37N3O6S2. The second-order valence-electron chi connectivity index (χ2n) is 9.92. The van der Waals surface area contributed by atoms with Crippen LogP contribution in [0.1, 0.15) is 44.1 Å². The van der Waals surface area contributed by atoms with E-state index in [1.807, 2.05) is 30.3 Å². The molecule has 2 heterocycles. The van der Waals surface area contributed by atoms with E-state index in [0.29, 0.717) is 51.0 Å². The number of benzene rings is 2. The van der Waals surface area contributed by atoms with Crippen LogP contribution in [0.5, 0.6) is 5.75 Å². The van der Waals surface area contributed by atoms with Crippen molar-refractivity contribution in [3.05, 3.63) is 54.1 Å². The first-order valence-electron chi connectivity index (χ1n) is 13.2. The Bertz CT molecular complexity index is 1310. The molecule has 0 radical (unpaired) electrons. The Morgan fingerprint density at radius 1 is 0.947 bits per heavy atom. The monoisotopic (exact) mass is 563 g/mol. The van der Waals surface area contributed by atoms with Crippen molar-refractivity contribution in [2.24, 2.45) is 5.92 Å². The Kier molecular flexibility index (Phi) is 9.45. The van der Waals surface area contributed by atoms with Crippen molar-refractivity contribution < 1.29 is 26.4 Å². The maximum absolute atomic E-state index is 13.3. The van der Waals surface area contributed by atoms with Gasteiger partial charge in [0.2, 0.25) is 26.0 Å². The molecule has 1 N–H and O–H groups in total. The minimum atomic E-state index is -3.78. The number of nitrogens with zero attached hydrogens (tertiary/aromatic N) is 2. The number of methoxy groups -OCH3 is 1. The van der Waals surface area contributed by atoms with Crippen LogP contribution in [0, 0.1) is 5.92 Å². The SMILES string of the molecule is COc1ccc(NC(=O)[C@H]2CCCN(S(=O)(=O)CCCc3ccccc3)C2)cc1S(=O)(=O)N1CCCCC1. The van der Waals surface area contributed by atoms with Crippen LogP contribution in [0.3, 0.4) is 0 Å². The standard InChI is InChI=1S/C27H37N3O6S2/c1-36-25-15-14-24(20-26(25)38(34,35)29-16-6-3-7-17-29)28-27(31)23-13-8-18-30(21-23)37(32,33)19-9-12-22-10-4-2-5-11-22/h2,4-5,10-11,14-15,20,23H,3,6-9,12-13,16-19,21H2,1H3,(H,28,31)/t23-/m0/s1. The normalized spacial score (nSPS) is 19.7. The number of carbonyl (C=O) groups excluding carboxylic acids is 1. The summed E-state index contributed by atoms with van der Waals surface area (Å²) in [5.74, 6) is -0.580. The quantitative estimate of drug-likeness (QED) is 0.474. The molecule has 208 valence electrons. The summed E-state index contributed by atoms with van der Waals surface area (Å²) in [7, 11) is -5.85. The van der Waals surface area contributed by atoms with Gasteiger partial charge in [0.25, 0.3) is 0 Å². The number of rotatable bonds is 10. The summed E-state index contributed by atoms with van der Waals surface area (Å²) in [5, 5.41) is 2.82. The summed E-state index contributed by atoms with van der Waals surface area (Å²) in [6, 6.07) is 14.3. The zero-order valence-electron chi connectivity index (χ0n) is 21.8. The fourth-order valence-electron chi connectivity index (χ4n) is 5.09.